The lowest BCUT2D eigenvalue weighted by molar-refractivity contribution is 1.09. The van der Waals surface area contributed by atoms with Gasteiger partial charge in [0.05, 0.1) is 17.5 Å². The van der Waals surface area contributed by atoms with E-state index in [4.69, 9.17) is 4.98 Å². The number of hydrogen-bond acceptors (Lipinski definition) is 4. The number of fused-ring (bicyclic) bond motifs is 1. The minimum atomic E-state index is 0.809. The average Bonchev–Trinajstić information content (AvgIpc) is 3.17. The molecule has 0 aromatic carbocycles. The van der Waals surface area contributed by atoms with Gasteiger partial charge >= 0.3 is 0 Å². The molecule has 0 amide bonds. The van der Waals surface area contributed by atoms with E-state index in [-0.39, 0.29) is 0 Å². The molecule has 4 heterocycles. The lowest BCUT2D eigenvalue weighted by atomic mass is 10.1. The van der Waals surface area contributed by atoms with Gasteiger partial charge in [0.1, 0.15) is 11.5 Å². The number of aromatic amines is 1. The van der Waals surface area contributed by atoms with Crippen molar-refractivity contribution in [3.8, 4) is 22.6 Å². The first-order valence-electron chi connectivity index (χ1n) is 6.57. The summed E-state index contributed by atoms with van der Waals surface area (Å²) in [5, 5.41) is 6.82. The number of aryl methyl sites for hydroxylation is 1. The Hall–Kier alpha value is -3.02. The van der Waals surface area contributed by atoms with Gasteiger partial charge in [-0.3, -0.25) is 14.5 Å². The number of nitrogens with zero attached hydrogens (tertiary/aromatic N) is 5. The van der Waals surface area contributed by atoms with Crippen molar-refractivity contribution in [2.75, 3.05) is 0 Å². The van der Waals surface area contributed by atoms with Crippen molar-refractivity contribution >= 4 is 5.65 Å². The molecule has 21 heavy (non-hydrogen) atoms. The second-order valence-electron chi connectivity index (χ2n) is 4.79. The fourth-order valence-corrected chi connectivity index (χ4v) is 2.35. The predicted octanol–water partition coefficient (Wildman–Crippen LogP) is 2.49. The molecular formula is C15H12N6. The van der Waals surface area contributed by atoms with Crippen LogP contribution in [0.2, 0.25) is 0 Å². The van der Waals surface area contributed by atoms with Gasteiger partial charge in [0.2, 0.25) is 0 Å². The lowest BCUT2D eigenvalue weighted by Gasteiger charge is -2.07. The molecule has 0 radical (unpaired) electrons. The molecule has 0 unspecified atom stereocenters. The number of nitrogens with one attached hydrogen (secondary N) is 1. The van der Waals surface area contributed by atoms with Gasteiger partial charge in [-0.1, -0.05) is 0 Å². The van der Waals surface area contributed by atoms with Crippen LogP contribution >= 0.6 is 0 Å². The molecule has 4 aromatic rings. The third-order valence-corrected chi connectivity index (χ3v) is 3.34. The second-order valence-corrected chi connectivity index (χ2v) is 4.79. The lowest BCUT2D eigenvalue weighted by Crippen LogP contribution is -1.97. The fraction of sp³-hybridized carbons (Fsp3) is 0.0667. The molecule has 0 saturated carbocycles. The molecule has 0 aliphatic rings. The standard InChI is InChI=1S/C15H12N6/c1-10-6-11(2-3-16-10)13-7-14-17-4-5-21(14)15(20-13)12-8-18-19-9-12/h2-9H,1H3,(H,18,19). The van der Waals surface area contributed by atoms with Gasteiger partial charge < -0.3 is 0 Å². The van der Waals surface area contributed by atoms with E-state index in [1.54, 1.807) is 18.6 Å². The fourth-order valence-electron chi connectivity index (χ4n) is 2.35. The highest BCUT2D eigenvalue weighted by Crippen LogP contribution is 2.24. The molecule has 0 saturated heterocycles. The van der Waals surface area contributed by atoms with Crippen LogP contribution in [0.25, 0.3) is 28.3 Å². The Morgan fingerprint density at radius 2 is 2.05 bits per heavy atom. The van der Waals surface area contributed by atoms with E-state index < -0.39 is 0 Å². The Kier molecular flexibility index (Phi) is 2.53. The molecule has 0 spiro atoms. The summed E-state index contributed by atoms with van der Waals surface area (Å²) in [6, 6.07) is 5.94. The smallest absolute Gasteiger partial charge is 0.149 e. The van der Waals surface area contributed by atoms with Crippen LogP contribution < -0.4 is 0 Å². The summed E-state index contributed by atoms with van der Waals surface area (Å²) >= 11 is 0. The summed E-state index contributed by atoms with van der Waals surface area (Å²) in [4.78, 5) is 13.4. The van der Waals surface area contributed by atoms with Gasteiger partial charge in [-0.05, 0) is 19.1 Å². The molecule has 4 aromatic heterocycles. The summed E-state index contributed by atoms with van der Waals surface area (Å²) in [5.41, 5.74) is 4.63. The molecule has 0 atom stereocenters. The molecule has 6 nitrogen and oxygen atoms in total. The van der Waals surface area contributed by atoms with Gasteiger partial charge in [-0.25, -0.2) is 9.97 Å². The highest BCUT2D eigenvalue weighted by molar-refractivity contribution is 5.68. The van der Waals surface area contributed by atoms with Gasteiger partial charge in [0.25, 0.3) is 0 Å². The van der Waals surface area contributed by atoms with Crippen molar-refractivity contribution in [2.45, 2.75) is 6.92 Å². The molecule has 4 rings (SSSR count). The molecule has 102 valence electrons. The number of imidazole rings is 1. The van der Waals surface area contributed by atoms with E-state index in [1.807, 2.05) is 41.9 Å². The van der Waals surface area contributed by atoms with E-state index in [0.717, 1.165) is 34.0 Å². The first-order chi connectivity index (χ1) is 10.3. The van der Waals surface area contributed by atoms with E-state index in [9.17, 15) is 0 Å². The molecule has 6 heteroatoms. The number of aromatic nitrogens is 6. The number of rotatable bonds is 2. The Labute approximate surface area is 120 Å². The van der Waals surface area contributed by atoms with E-state index in [2.05, 4.69) is 20.2 Å². The normalized spacial score (nSPS) is 11.1. The van der Waals surface area contributed by atoms with Gasteiger partial charge in [-0.15, -0.1) is 0 Å². The Morgan fingerprint density at radius 3 is 2.86 bits per heavy atom. The Morgan fingerprint density at radius 1 is 1.10 bits per heavy atom. The first kappa shape index (κ1) is 11.8. The average molecular weight is 276 g/mol. The zero-order chi connectivity index (χ0) is 14.2. The summed E-state index contributed by atoms with van der Waals surface area (Å²) in [6.07, 6.45) is 9.03. The maximum Gasteiger partial charge on any atom is 0.149 e. The second kappa shape index (κ2) is 4.52. The number of hydrogen-bond donors (Lipinski definition) is 1. The number of H-pyrrole nitrogens is 1. The quantitative estimate of drug-likeness (QED) is 0.610. The molecular weight excluding hydrogens is 264 g/mol. The molecule has 0 aliphatic heterocycles. The SMILES string of the molecule is Cc1cc(-c2cc3nccn3c(-c3cn[nH]c3)n2)ccn1. The van der Waals surface area contributed by atoms with Gasteiger partial charge in [-0.2, -0.15) is 5.10 Å². The zero-order valence-electron chi connectivity index (χ0n) is 11.4. The Balaban J connectivity index is 1.99. The third-order valence-electron chi connectivity index (χ3n) is 3.34. The minimum absolute atomic E-state index is 0.809. The topological polar surface area (TPSA) is 71.8 Å². The Bertz CT molecular complexity index is 907. The number of pyridine rings is 1. The van der Waals surface area contributed by atoms with Crippen LogP contribution in [0.1, 0.15) is 5.69 Å². The summed E-state index contributed by atoms with van der Waals surface area (Å²) in [6.45, 7) is 1.97. The molecule has 0 aliphatic carbocycles. The van der Waals surface area contributed by atoms with Crippen LogP contribution in [-0.2, 0) is 0 Å². The molecule has 1 N–H and O–H groups in total. The van der Waals surface area contributed by atoms with Crippen LogP contribution in [-0.4, -0.2) is 29.5 Å². The summed E-state index contributed by atoms with van der Waals surface area (Å²) < 4.78 is 1.95. The van der Waals surface area contributed by atoms with Crippen LogP contribution in [0.3, 0.4) is 0 Å². The van der Waals surface area contributed by atoms with Crippen molar-refractivity contribution in [3.63, 3.8) is 0 Å². The van der Waals surface area contributed by atoms with Gasteiger partial charge in [0, 0.05) is 42.1 Å². The van der Waals surface area contributed by atoms with Crippen molar-refractivity contribution < 1.29 is 0 Å². The van der Waals surface area contributed by atoms with Crippen molar-refractivity contribution in [2.24, 2.45) is 0 Å². The monoisotopic (exact) mass is 276 g/mol. The predicted molar refractivity (Wildman–Crippen MR) is 78.5 cm³/mol. The van der Waals surface area contributed by atoms with Crippen LogP contribution in [0, 0.1) is 6.92 Å². The maximum atomic E-state index is 4.76. The minimum Gasteiger partial charge on any atom is -0.285 e. The molecule has 0 fully saturated rings. The van der Waals surface area contributed by atoms with Crippen LogP contribution in [0.5, 0.6) is 0 Å². The van der Waals surface area contributed by atoms with Crippen molar-refractivity contribution in [3.05, 3.63) is 54.9 Å². The van der Waals surface area contributed by atoms with Crippen molar-refractivity contribution in [1.82, 2.24) is 29.5 Å². The molecule has 0 bridgehead atoms. The maximum absolute atomic E-state index is 4.76. The zero-order valence-corrected chi connectivity index (χ0v) is 11.4. The van der Waals surface area contributed by atoms with E-state index in [1.165, 1.54) is 0 Å². The van der Waals surface area contributed by atoms with Gasteiger partial charge in [0.15, 0.2) is 0 Å². The third kappa shape index (κ3) is 1.97. The summed E-state index contributed by atoms with van der Waals surface area (Å²) in [7, 11) is 0. The van der Waals surface area contributed by atoms with Crippen LogP contribution in [0.15, 0.2) is 49.2 Å². The van der Waals surface area contributed by atoms with E-state index >= 15 is 0 Å². The largest absolute Gasteiger partial charge is 0.285 e. The summed E-state index contributed by atoms with van der Waals surface area (Å²) in [5.74, 6) is 0.809. The highest BCUT2D eigenvalue weighted by atomic mass is 15.1. The van der Waals surface area contributed by atoms with E-state index in [0.29, 0.717) is 0 Å². The highest BCUT2D eigenvalue weighted by Gasteiger charge is 2.11. The van der Waals surface area contributed by atoms with Crippen LogP contribution in [0.4, 0.5) is 0 Å². The first-order valence-corrected chi connectivity index (χ1v) is 6.57. The van der Waals surface area contributed by atoms with Crippen molar-refractivity contribution in [1.29, 1.82) is 0 Å².